The quantitative estimate of drug-likeness (QED) is 0.685. The molecule has 84 valence electrons. The monoisotopic (exact) mass is 220 g/mol. The minimum absolute atomic E-state index is 0.0169. The summed E-state index contributed by atoms with van der Waals surface area (Å²) in [5.41, 5.74) is -0.0702. The Labute approximate surface area is 91.2 Å². The molecule has 0 atom stereocenters. The lowest BCUT2D eigenvalue weighted by atomic mass is 10.4. The van der Waals surface area contributed by atoms with Crippen LogP contribution in [-0.4, -0.2) is 18.9 Å². The van der Waals surface area contributed by atoms with Crippen LogP contribution >= 0.6 is 0 Å². The summed E-state index contributed by atoms with van der Waals surface area (Å²) in [5, 5.41) is 0. The molecule has 2 rings (SSSR count). The molecular weight excluding hydrogens is 208 g/mol. The van der Waals surface area contributed by atoms with Gasteiger partial charge in [0.1, 0.15) is 6.33 Å². The van der Waals surface area contributed by atoms with Crippen LogP contribution in [0, 0.1) is 6.92 Å². The third-order valence-electron chi connectivity index (χ3n) is 2.36. The molecule has 16 heavy (non-hydrogen) atoms. The van der Waals surface area contributed by atoms with E-state index in [4.69, 9.17) is 0 Å². The van der Waals surface area contributed by atoms with Crippen LogP contribution in [0.4, 0.5) is 0 Å². The van der Waals surface area contributed by atoms with Gasteiger partial charge in [0.05, 0.1) is 0 Å². The number of aryl methyl sites for hydroxylation is 1. The fourth-order valence-corrected chi connectivity index (χ4v) is 1.54. The van der Waals surface area contributed by atoms with Crippen LogP contribution in [0.15, 0.2) is 22.0 Å². The standard InChI is InChI=1S/C10H12N4O2/c1-6(2)13-5-11-9-12-8(15)4-7(3)14(9)10(13)16/h4-6H,1-3H3. The van der Waals surface area contributed by atoms with Crippen LogP contribution in [0.25, 0.3) is 5.78 Å². The average Bonchev–Trinajstić information content (AvgIpc) is 2.15. The van der Waals surface area contributed by atoms with Gasteiger partial charge in [0.15, 0.2) is 0 Å². The Hall–Kier alpha value is -1.98. The van der Waals surface area contributed by atoms with E-state index in [0.29, 0.717) is 5.69 Å². The van der Waals surface area contributed by atoms with E-state index >= 15 is 0 Å². The third-order valence-corrected chi connectivity index (χ3v) is 2.36. The van der Waals surface area contributed by atoms with E-state index in [1.54, 1.807) is 6.92 Å². The predicted octanol–water partition coefficient (Wildman–Crippen LogP) is 0.141. The van der Waals surface area contributed by atoms with E-state index in [2.05, 4.69) is 9.97 Å². The first kappa shape index (κ1) is 10.5. The van der Waals surface area contributed by atoms with Crippen LogP contribution in [0.2, 0.25) is 0 Å². The number of fused-ring (bicyclic) bond motifs is 1. The maximum Gasteiger partial charge on any atom is 0.336 e. The molecule has 0 aromatic carbocycles. The van der Waals surface area contributed by atoms with Crippen molar-refractivity contribution in [1.29, 1.82) is 0 Å². The van der Waals surface area contributed by atoms with Crippen molar-refractivity contribution in [3.8, 4) is 0 Å². The highest BCUT2D eigenvalue weighted by Gasteiger charge is 2.08. The van der Waals surface area contributed by atoms with Gasteiger partial charge in [0.25, 0.3) is 5.56 Å². The molecule has 6 nitrogen and oxygen atoms in total. The average molecular weight is 220 g/mol. The van der Waals surface area contributed by atoms with Gasteiger partial charge in [0, 0.05) is 17.8 Å². The summed E-state index contributed by atoms with van der Waals surface area (Å²) < 4.78 is 2.83. The molecule has 0 spiro atoms. The highest BCUT2D eigenvalue weighted by Crippen LogP contribution is 1.99. The Morgan fingerprint density at radius 3 is 2.62 bits per heavy atom. The molecule has 0 saturated carbocycles. The normalized spacial score (nSPS) is 11.2. The number of nitrogens with zero attached hydrogens (tertiary/aromatic N) is 4. The summed E-state index contributed by atoms with van der Waals surface area (Å²) in [6.45, 7) is 5.46. The van der Waals surface area contributed by atoms with Crippen LogP contribution in [0.3, 0.4) is 0 Å². The second-order valence-corrected chi connectivity index (χ2v) is 3.90. The van der Waals surface area contributed by atoms with Crippen LogP contribution in [0.5, 0.6) is 0 Å². The Morgan fingerprint density at radius 1 is 1.31 bits per heavy atom. The van der Waals surface area contributed by atoms with Crippen LogP contribution in [0.1, 0.15) is 25.6 Å². The molecule has 0 bridgehead atoms. The van der Waals surface area contributed by atoms with Gasteiger partial charge in [-0.1, -0.05) is 0 Å². The molecule has 2 aromatic rings. The Kier molecular flexibility index (Phi) is 2.34. The summed E-state index contributed by atoms with van der Waals surface area (Å²) in [7, 11) is 0. The Bertz CT molecular complexity index is 654. The minimum atomic E-state index is -0.383. The van der Waals surface area contributed by atoms with Crippen molar-refractivity contribution in [3.63, 3.8) is 0 Å². The number of hydrogen-bond acceptors (Lipinski definition) is 4. The zero-order valence-corrected chi connectivity index (χ0v) is 9.34. The lowest BCUT2D eigenvalue weighted by molar-refractivity contribution is 0.542. The van der Waals surface area contributed by atoms with Gasteiger partial charge in [-0.3, -0.25) is 9.36 Å². The zero-order chi connectivity index (χ0) is 11.9. The summed E-state index contributed by atoms with van der Waals surface area (Å²) in [6.07, 6.45) is 1.41. The summed E-state index contributed by atoms with van der Waals surface area (Å²) in [6, 6.07) is 1.34. The van der Waals surface area contributed by atoms with Crippen molar-refractivity contribution in [2.24, 2.45) is 0 Å². The highest BCUT2D eigenvalue weighted by molar-refractivity contribution is 5.27. The second-order valence-electron chi connectivity index (χ2n) is 3.90. The molecule has 2 aromatic heterocycles. The smallest absolute Gasteiger partial charge is 0.281 e. The van der Waals surface area contributed by atoms with E-state index in [1.165, 1.54) is 21.4 Å². The lowest BCUT2D eigenvalue weighted by Gasteiger charge is -2.10. The Morgan fingerprint density at radius 2 is 2.00 bits per heavy atom. The fourth-order valence-electron chi connectivity index (χ4n) is 1.54. The number of aromatic nitrogens is 4. The molecule has 0 radical (unpaired) electrons. The minimum Gasteiger partial charge on any atom is -0.281 e. The zero-order valence-electron chi connectivity index (χ0n) is 9.34. The lowest BCUT2D eigenvalue weighted by Crippen LogP contribution is -2.31. The maximum absolute atomic E-state index is 12.0. The van der Waals surface area contributed by atoms with Crippen molar-refractivity contribution in [3.05, 3.63) is 38.9 Å². The van der Waals surface area contributed by atoms with Gasteiger partial charge in [-0.25, -0.2) is 14.2 Å². The highest BCUT2D eigenvalue weighted by atomic mass is 16.2. The molecule has 0 fully saturated rings. The molecular formula is C10H12N4O2. The van der Waals surface area contributed by atoms with Gasteiger partial charge in [-0.15, -0.1) is 0 Å². The first-order valence-corrected chi connectivity index (χ1v) is 4.98. The molecule has 0 saturated heterocycles. The summed E-state index contributed by atoms with van der Waals surface area (Å²) in [5.74, 6) is 0.145. The molecule has 2 heterocycles. The largest absolute Gasteiger partial charge is 0.336 e. The number of rotatable bonds is 1. The molecule has 6 heteroatoms. The molecule has 0 aliphatic heterocycles. The van der Waals surface area contributed by atoms with E-state index < -0.39 is 0 Å². The maximum atomic E-state index is 12.0. The first-order valence-electron chi connectivity index (χ1n) is 4.98. The van der Waals surface area contributed by atoms with Gasteiger partial charge in [-0.05, 0) is 20.8 Å². The summed E-state index contributed by atoms with van der Waals surface area (Å²) in [4.78, 5) is 30.9. The second kappa shape index (κ2) is 3.55. The van der Waals surface area contributed by atoms with Gasteiger partial charge in [-0.2, -0.15) is 4.98 Å². The van der Waals surface area contributed by atoms with E-state index in [0.717, 1.165) is 0 Å². The predicted molar refractivity (Wildman–Crippen MR) is 58.6 cm³/mol. The van der Waals surface area contributed by atoms with Crippen molar-refractivity contribution >= 4 is 5.78 Å². The van der Waals surface area contributed by atoms with Gasteiger partial charge < -0.3 is 0 Å². The molecule has 0 aliphatic carbocycles. The van der Waals surface area contributed by atoms with E-state index in [1.807, 2.05) is 13.8 Å². The third kappa shape index (κ3) is 1.52. The number of hydrogen-bond donors (Lipinski definition) is 0. The fraction of sp³-hybridized carbons (Fsp3) is 0.400. The van der Waals surface area contributed by atoms with Crippen molar-refractivity contribution < 1.29 is 0 Å². The van der Waals surface area contributed by atoms with Crippen LogP contribution in [-0.2, 0) is 0 Å². The van der Waals surface area contributed by atoms with E-state index in [-0.39, 0.29) is 23.1 Å². The topological polar surface area (TPSA) is 69.3 Å². The molecule has 0 aliphatic rings. The van der Waals surface area contributed by atoms with Gasteiger partial charge >= 0.3 is 5.69 Å². The van der Waals surface area contributed by atoms with Crippen molar-refractivity contribution in [1.82, 2.24) is 18.9 Å². The molecule has 0 unspecified atom stereocenters. The Balaban J connectivity index is 2.95. The first-order chi connectivity index (χ1) is 7.50. The van der Waals surface area contributed by atoms with Gasteiger partial charge in [0.2, 0.25) is 5.78 Å². The molecule has 0 amide bonds. The van der Waals surface area contributed by atoms with Crippen LogP contribution < -0.4 is 11.2 Å². The van der Waals surface area contributed by atoms with Crippen molar-refractivity contribution in [2.45, 2.75) is 26.8 Å². The van der Waals surface area contributed by atoms with E-state index in [9.17, 15) is 9.59 Å². The SMILES string of the molecule is Cc1cc(=O)nc2ncn(C(C)C)c(=O)n12. The molecule has 0 N–H and O–H groups in total. The summed E-state index contributed by atoms with van der Waals surface area (Å²) >= 11 is 0. The van der Waals surface area contributed by atoms with Crippen molar-refractivity contribution in [2.75, 3.05) is 0 Å².